The molecule has 1 N–H and O–H groups in total. The summed E-state index contributed by atoms with van der Waals surface area (Å²) < 4.78 is 0. The molecule has 4 nitrogen and oxygen atoms in total. The van der Waals surface area contributed by atoms with Crippen LogP contribution in [0.2, 0.25) is 0 Å². The third-order valence-electron chi connectivity index (χ3n) is 5.18. The summed E-state index contributed by atoms with van der Waals surface area (Å²) in [5.41, 5.74) is 4.72. The molecule has 29 heavy (non-hydrogen) atoms. The molecule has 0 aliphatic carbocycles. The van der Waals surface area contributed by atoms with Crippen molar-refractivity contribution in [2.75, 3.05) is 6.54 Å². The van der Waals surface area contributed by atoms with Crippen LogP contribution in [0.3, 0.4) is 0 Å². The van der Waals surface area contributed by atoms with Crippen molar-refractivity contribution in [2.45, 2.75) is 13.0 Å². The summed E-state index contributed by atoms with van der Waals surface area (Å²) in [4.78, 5) is 26.6. The normalized spacial score (nSPS) is 13.7. The maximum atomic E-state index is 13.5. The largest absolute Gasteiger partial charge is 0.478 e. The van der Waals surface area contributed by atoms with Gasteiger partial charge in [-0.05, 0) is 46.9 Å². The summed E-state index contributed by atoms with van der Waals surface area (Å²) in [6, 6.07) is 24.6. The van der Waals surface area contributed by atoms with Crippen molar-refractivity contribution in [3.63, 3.8) is 0 Å². The molecule has 1 amide bonds. The Balaban J connectivity index is 1.68. The van der Waals surface area contributed by atoms with Crippen LogP contribution < -0.4 is 0 Å². The molecule has 4 heteroatoms. The second kappa shape index (κ2) is 8.15. The van der Waals surface area contributed by atoms with E-state index in [9.17, 15) is 14.7 Å². The first-order valence-corrected chi connectivity index (χ1v) is 9.58. The van der Waals surface area contributed by atoms with Crippen LogP contribution in [0.1, 0.15) is 32.6 Å². The summed E-state index contributed by atoms with van der Waals surface area (Å²) in [7, 11) is 0. The van der Waals surface area contributed by atoms with Gasteiger partial charge in [-0.1, -0.05) is 66.7 Å². The summed E-state index contributed by atoms with van der Waals surface area (Å²) >= 11 is 0. The molecule has 0 atom stereocenters. The Bertz CT molecular complexity index is 1070. The molecule has 0 fully saturated rings. The maximum absolute atomic E-state index is 13.5. The van der Waals surface area contributed by atoms with Crippen LogP contribution in [0.25, 0.3) is 11.6 Å². The Morgan fingerprint density at radius 2 is 1.52 bits per heavy atom. The minimum atomic E-state index is -0.954. The zero-order valence-electron chi connectivity index (χ0n) is 15.9. The van der Waals surface area contributed by atoms with E-state index in [-0.39, 0.29) is 11.5 Å². The molecule has 144 valence electrons. The number of nitrogens with zero attached hydrogens (tertiary/aromatic N) is 1. The van der Waals surface area contributed by atoms with E-state index in [1.165, 1.54) is 0 Å². The van der Waals surface area contributed by atoms with E-state index < -0.39 is 5.97 Å². The molecule has 0 saturated heterocycles. The highest BCUT2D eigenvalue weighted by Gasteiger charge is 2.25. The standard InChI is InChI=1S/C25H21NO3/c27-24(26-14-13-19-11-12-21(25(28)29)16-22(19)17-26)23(20-9-5-2-6-10-20)15-18-7-3-1-4-8-18/h1-12,15-16H,13-14,17H2,(H,28,29). The summed E-state index contributed by atoms with van der Waals surface area (Å²) in [5, 5.41) is 9.27. The van der Waals surface area contributed by atoms with E-state index in [2.05, 4.69) is 0 Å². The van der Waals surface area contributed by atoms with Crippen LogP contribution in [0.15, 0.2) is 78.9 Å². The predicted molar refractivity (Wildman–Crippen MR) is 113 cm³/mol. The average Bonchev–Trinajstić information content (AvgIpc) is 2.77. The monoisotopic (exact) mass is 383 g/mol. The first kappa shape index (κ1) is 18.7. The fourth-order valence-electron chi connectivity index (χ4n) is 3.64. The SMILES string of the molecule is O=C(O)c1ccc2c(c1)CN(C(=O)C(=Cc1ccccc1)c1ccccc1)CC2. The number of amides is 1. The number of carboxylic acids is 1. The molecular formula is C25H21NO3. The van der Waals surface area contributed by atoms with Gasteiger partial charge in [0.2, 0.25) is 0 Å². The van der Waals surface area contributed by atoms with Gasteiger partial charge in [-0.25, -0.2) is 4.79 Å². The number of carboxylic acid groups (broad SMARTS) is 1. The molecule has 4 rings (SSSR count). The van der Waals surface area contributed by atoms with Crippen molar-refractivity contribution in [2.24, 2.45) is 0 Å². The summed E-state index contributed by atoms with van der Waals surface area (Å²) in [5.74, 6) is -1.00. The lowest BCUT2D eigenvalue weighted by Gasteiger charge is -2.30. The summed E-state index contributed by atoms with van der Waals surface area (Å²) in [6.45, 7) is 1.02. The number of carbonyl (C=O) groups is 2. The smallest absolute Gasteiger partial charge is 0.335 e. The Labute approximate surface area is 169 Å². The third kappa shape index (κ3) is 4.11. The first-order valence-electron chi connectivity index (χ1n) is 9.58. The fourth-order valence-corrected chi connectivity index (χ4v) is 3.64. The van der Waals surface area contributed by atoms with E-state index in [1.54, 1.807) is 17.0 Å². The summed E-state index contributed by atoms with van der Waals surface area (Å²) in [6.07, 6.45) is 2.63. The minimum Gasteiger partial charge on any atom is -0.478 e. The molecule has 0 unspecified atom stereocenters. The second-order valence-electron chi connectivity index (χ2n) is 7.10. The average molecular weight is 383 g/mol. The molecular weight excluding hydrogens is 362 g/mol. The molecule has 1 heterocycles. The molecule has 0 saturated carbocycles. The van der Waals surface area contributed by atoms with Crippen molar-refractivity contribution >= 4 is 23.5 Å². The maximum Gasteiger partial charge on any atom is 0.335 e. The number of aromatic carboxylic acids is 1. The first-order chi connectivity index (χ1) is 14.1. The Kier molecular flexibility index (Phi) is 5.25. The third-order valence-corrected chi connectivity index (χ3v) is 5.18. The lowest BCUT2D eigenvalue weighted by Crippen LogP contribution is -2.36. The number of carbonyl (C=O) groups excluding carboxylic acids is 1. The molecule has 1 aliphatic rings. The zero-order chi connectivity index (χ0) is 20.2. The predicted octanol–water partition coefficient (Wildman–Crippen LogP) is 4.51. The van der Waals surface area contributed by atoms with E-state index in [1.807, 2.05) is 72.8 Å². The van der Waals surface area contributed by atoms with Gasteiger partial charge >= 0.3 is 5.97 Å². The van der Waals surface area contributed by atoms with Gasteiger partial charge in [-0.3, -0.25) is 4.79 Å². The van der Waals surface area contributed by atoms with E-state index in [4.69, 9.17) is 0 Å². The van der Waals surface area contributed by atoms with Crippen molar-refractivity contribution < 1.29 is 14.7 Å². The molecule has 1 aliphatic heterocycles. The molecule has 3 aromatic carbocycles. The molecule has 0 bridgehead atoms. The minimum absolute atomic E-state index is 0.0496. The highest BCUT2D eigenvalue weighted by molar-refractivity contribution is 6.24. The van der Waals surface area contributed by atoms with E-state index in [0.29, 0.717) is 25.1 Å². The van der Waals surface area contributed by atoms with E-state index >= 15 is 0 Å². The van der Waals surface area contributed by atoms with Crippen LogP contribution >= 0.6 is 0 Å². The lowest BCUT2D eigenvalue weighted by molar-refractivity contribution is -0.125. The number of rotatable bonds is 4. The van der Waals surface area contributed by atoms with Gasteiger partial charge in [0.15, 0.2) is 0 Å². The van der Waals surface area contributed by atoms with Gasteiger partial charge in [0.05, 0.1) is 5.56 Å². The van der Waals surface area contributed by atoms with Gasteiger partial charge in [0.25, 0.3) is 5.91 Å². The molecule has 0 radical (unpaired) electrons. The van der Waals surface area contributed by atoms with Crippen molar-refractivity contribution in [1.29, 1.82) is 0 Å². The Hall–Kier alpha value is -3.66. The van der Waals surface area contributed by atoms with Gasteiger partial charge < -0.3 is 10.0 Å². The van der Waals surface area contributed by atoms with Gasteiger partial charge in [-0.2, -0.15) is 0 Å². The van der Waals surface area contributed by atoms with Crippen LogP contribution in [0, 0.1) is 0 Å². The molecule has 0 aromatic heterocycles. The fraction of sp³-hybridized carbons (Fsp3) is 0.120. The van der Waals surface area contributed by atoms with E-state index in [0.717, 1.165) is 22.3 Å². The highest BCUT2D eigenvalue weighted by Crippen LogP contribution is 2.26. The van der Waals surface area contributed by atoms with Crippen LogP contribution in [0.4, 0.5) is 0 Å². The topological polar surface area (TPSA) is 57.6 Å². The Morgan fingerprint density at radius 3 is 2.21 bits per heavy atom. The number of hydrogen-bond donors (Lipinski definition) is 1. The van der Waals surface area contributed by atoms with Crippen molar-refractivity contribution in [3.05, 3.63) is 107 Å². The quantitative estimate of drug-likeness (QED) is 0.533. The molecule has 3 aromatic rings. The second-order valence-corrected chi connectivity index (χ2v) is 7.10. The van der Waals surface area contributed by atoms with Crippen LogP contribution in [0.5, 0.6) is 0 Å². The highest BCUT2D eigenvalue weighted by atomic mass is 16.4. The number of benzene rings is 3. The zero-order valence-corrected chi connectivity index (χ0v) is 15.9. The molecule has 0 spiro atoms. The lowest BCUT2D eigenvalue weighted by atomic mass is 9.95. The van der Waals surface area contributed by atoms with Gasteiger partial charge in [0.1, 0.15) is 0 Å². The van der Waals surface area contributed by atoms with Gasteiger partial charge in [-0.15, -0.1) is 0 Å². The number of hydrogen-bond acceptors (Lipinski definition) is 2. The van der Waals surface area contributed by atoms with Gasteiger partial charge in [0, 0.05) is 18.7 Å². The van der Waals surface area contributed by atoms with Crippen LogP contribution in [-0.4, -0.2) is 28.4 Å². The number of fused-ring (bicyclic) bond motifs is 1. The van der Waals surface area contributed by atoms with Crippen molar-refractivity contribution in [1.82, 2.24) is 4.90 Å². The van der Waals surface area contributed by atoms with Crippen molar-refractivity contribution in [3.8, 4) is 0 Å². The van der Waals surface area contributed by atoms with Crippen LogP contribution in [-0.2, 0) is 17.8 Å². The Morgan fingerprint density at radius 1 is 0.828 bits per heavy atom.